The minimum absolute atomic E-state index is 0.119. The molecule has 1 fully saturated rings. The maximum absolute atomic E-state index is 13.1. The zero-order valence-electron chi connectivity index (χ0n) is 11.9. The minimum atomic E-state index is -2.90. The van der Waals surface area contributed by atoms with E-state index in [1.807, 2.05) is 0 Å². The highest BCUT2D eigenvalue weighted by molar-refractivity contribution is 9.10. The van der Waals surface area contributed by atoms with Crippen molar-refractivity contribution < 1.29 is 23.0 Å². The smallest absolute Gasteiger partial charge is 0.327 e. The van der Waals surface area contributed by atoms with Crippen LogP contribution in [0.3, 0.4) is 0 Å². The van der Waals surface area contributed by atoms with Crippen molar-refractivity contribution in [3.05, 3.63) is 33.0 Å². The Morgan fingerprint density at radius 2 is 2.17 bits per heavy atom. The quantitative estimate of drug-likeness (QED) is 0.750. The molecule has 0 spiro atoms. The van der Waals surface area contributed by atoms with Crippen molar-refractivity contribution in [2.24, 2.45) is 0 Å². The summed E-state index contributed by atoms with van der Waals surface area (Å²) in [6.45, 7) is -0.432. The van der Waals surface area contributed by atoms with Crippen LogP contribution in [0.5, 0.6) is 5.88 Å². The largest absolute Gasteiger partial charge is 0.468 e. The summed E-state index contributed by atoms with van der Waals surface area (Å²) in [5.74, 6) is -3.70. The standard InChI is InChI=1S/C14H11BrF2N2O4/c1-22-11(20)6-19-13(21)8-3-2-7(15)4-9(8)12(18-19)23-10-5-14(10,16)17/h2-4,10H,5-6H2,1H3. The first-order chi connectivity index (χ1) is 10.8. The summed E-state index contributed by atoms with van der Waals surface area (Å²) in [6, 6.07) is 4.69. The van der Waals surface area contributed by atoms with Gasteiger partial charge in [0.25, 0.3) is 11.5 Å². The van der Waals surface area contributed by atoms with Crippen molar-refractivity contribution in [3.8, 4) is 5.88 Å². The van der Waals surface area contributed by atoms with Crippen LogP contribution in [0, 0.1) is 0 Å². The second kappa shape index (κ2) is 5.55. The van der Waals surface area contributed by atoms with Crippen LogP contribution in [0.4, 0.5) is 8.78 Å². The van der Waals surface area contributed by atoms with Crippen molar-refractivity contribution in [2.45, 2.75) is 25.0 Å². The van der Waals surface area contributed by atoms with Gasteiger partial charge in [0.1, 0.15) is 6.54 Å². The molecule has 3 rings (SSSR count). The second-order valence-corrected chi connectivity index (χ2v) is 6.02. The van der Waals surface area contributed by atoms with E-state index in [9.17, 15) is 18.4 Å². The highest BCUT2D eigenvalue weighted by Crippen LogP contribution is 2.45. The van der Waals surface area contributed by atoms with E-state index in [2.05, 4.69) is 25.8 Å². The SMILES string of the molecule is COC(=O)Cn1nc(OC2CC2(F)F)c2cc(Br)ccc2c1=O. The Kier molecular flexibility index (Phi) is 3.83. The van der Waals surface area contributed by atoms with Crippen LogP contribution in [0.15, 0.2) is 27.5 Å². The molecule has 0 amide bonds. The van der Waals surface area contributed by atoms with Gasteiger partial charge in [0.2, 0.25) is 5.88 Å². The molecule has 1 heterocycles. The number of fused-ring (bicyclic) bond motifs is 1. The van der Waals surface area contributed by atoms with E-state index >= 15 is 0 Å². The van der Waals surface area contributed by atoms with Gasteiger partial charge < -0.3 is 9.47 Å². The lowest BCUT2D eigenvalue weighted by Gasteiger charge is -2.11. The average molecular weight is 389 g/mol. The van der Waals surface area contributed by atoms with Gasteiger partial charge in [0.15, 0.2) is 6.10 Å². The molecule has 1 saturated carbocycles. The molecule has 0 aliphatic heterocycles. The van der Waals surface area contributed by atoms with E-state index in [1.165, 1.54) is 13.2 Å². The van der Waals surface area contributed by atoms with E-state index in [0.29, 0.717) is 9.86 Å². The Morgan fingerprint density at radius 3 is 2.78 bits per heavy atom. The van der Waals surface area contributed by atoms with Gasteiger partial charge in [-0.1, -0.05) is 15.9 Å². The molecule has 1 atom stereocenters. The summed E-state index contributed by atoms with van der Waals surface area (Å²) < 4.78 is 37.4. The van der Waals surface area contributed by atoms with E-state index in [4.69, 9.17) is 4.74 Å². The fraction of sp³-hybridized carbons (Fsp3) is 0.357. The number of ether oxygens (including phenoxy) is 2. The number of nitrogens with zero attached hydrogens (tertiary/aromatic N) is 2. The molecule has 1 aliphatic carbocycles. The number of aromatic nitrogens is 2. The van der Waals surface area contributed by atoms with E-state index in [0.717, 1.165) is 4.68 Å². The van der Waals surface area contributed by atoms with Crippen molar-refractivity contribution in [1.29, 1.82) is 0 Å². The number of carbonyl (C=O) groups excluding carboxylic acids is 1. The van der Waals surface area contributed by atoms with Gasteiger partial charge in [-0.3, -0.25) is 9.59 Å². The number of alkyl halides is 2. The lowest BCUT2D eigenvalue weighted by Crippen LogP contribution is -2.28. The molecule has 0 saturated heterocycles. The third-order valence-electron chi connectivity index (χ3n) is 3.42. The number of hydrogen-bond donors (Lipinski definition) is 0. The summed E-state index contributed by atoms with van der Waals surface area (Å²) in [4.78, 5) is 23.7. The Bertz CT molecular complexity index is 853. The van der Waals surface area contributed by atoms with Crippen LogP contribution < -0.4 is 10.3 Å². The van der Waals surface area contributed by atoms with E-state index < -0.39 is 36.5 Å². The summed E-state index contributed by atoms with van der Waals surface area (Å²) in [5, 5.41) is 4.42. The molecule has 0 radical (unpaired) electrons. The molecule has 2 aromatic rings. The molecule has 9 heteroatoms. The van der Waals surface area contributed by atoms with Crippen LogP contribution in [-0.4, -0.2) is 34.9 Å². The van der Waals surface area contributed by atoms with Crippen LogP contribution in [0.1, 0.15) is 6.42 Å². The van der Waals surface area contributed by atoms with Gasteiger partial charge in [-0.15, -0.1) is 5.10 Å². The molecule has 1 aromatic carbocycles. The topological polar surface area (TPSA) is 70.4 Å². The van der Waals surface area contributed by atoms with Crippen LogP contribution >= 0.6 is 15.9 Å². The monoisotopic (exact) mass is 388 g/mol. The highest BCUT2D eigenvalue weighted by Gasteiger charge is 2.60. The number of benzene rings is 1. The number of halogens is 3. The third kappa shape index (κ3) is 3.05. The van der Waals surface area contributed by atoms with Gasteiger partial charge >= 0.3 is 5.97 Å². The maximum Gasteiger partial charge on any atom is 0.327 e. The Hall–Kier alpha value is -2.03. The predicted molar refractivity (Wildman–Crippen MR) is 79.7 cm³/mol. The molecule has 0 N–H and O–H groups in total. The molecule has 0 bridgehead atoms. The van der Waals surface area contributed by atoms with Crippen molar-refractivity contribution in [1.82, 2.24) is 9.78 Å². The number of esters is 1. The summed E-state index contributed by atoms with van der Waals surface area (Å²) in [7, 11) is 1.17. The first-order valence-corrected chi connectivity index (χ1v) is 7.43. The molecule has 122 valence electrons. The van der Waals surface area contributed by atoms with Gasteiger partial charge in [0, 0.05) is 4.47 Å². The zero-order chi connectivity index (χ0) is 16.8. The summed E-state index contributed by atoms with van der Waals surface area (Å²) in [6.07, 6.45) is -1.68. The minimum Gasteiger partial charge on any atom is -0.468 e. The lowest BCUT2D eigenvalue weighted by molar-refractivity contribution is -0.141. The molecule has 23 heavy (non-hydrogen) atoms. The predicted octanol–water partition coefficient (Wildman–Crippen LogP) is 2.12. The normalized spacial score (nSPS) is 18.7. The summed E-state index contributed by atoms with van der Waals surface area (Å²) in [5.41, 5.74) is -0.534. The lowest BCUT2D eigenvalue weighted by atomic mass is 10.2. The highest BCUT2D eigenvalue weighted by atomic mass is 79.9. The van der Waals surface area contributed by atoms with Gasteiger partial charge in [-0.05, 0) is 18.2 Å². The molecule has 6 nitrogen and oxygen atoms in total. The zero-order valence-corrected chi connectivity index (χ0v) is 13.5. The number of hydrogen-bond acceptors (Lipinski definition) is 5. The molecular weight excluding hydrogens is 378 g/mol. The second-order valence-electron chi connectivity index (χ2n) is 5.11. The first kappa shape index (κ1) is 15.9. The molecule has 1 aromatic heterocycles. The van der Waals surface area contributed by atoms with Crippen molar-refractivity contribution in [2.75, 3.05) is 7.11 Å². The maximum atomic E-state index is 13.1. The van der Waals surface area contributed by atoms with Gasteiger partial charge in [-0.25, -0.2) is 13.5 Å². The molecule has 1 aliphatic rings. The van der Waals surface area contributed by atoms with E-state index in [1.54, 1.807) is 12.1 Å². The Balaban J connectivity index is 2.11. The van der Waals surface area contributed by atoms with Crippen molar-refractivity contribution in [3.63, 3.8) is 0 Å². The number of rotatable bonds is 4. The fourth-order valence-corrected chi connectivity index (χ4v) is 2.42. The van der Waals surface area contributed by atoms with Gasteiger partial charge in [0.05, 0.1) is 24.3 Å². The fourth-order valence-electron chi connectivity index (χ4n) is 2.06. The number of carbonyl (C=O) groups is 1. The average Bonchev–Trinajstić information content (AvgIpc) is 3.10. The Morgan fingerprint density at radius 1 is 1.48 bits per heavy atom. The van der Waals surface area contributed by atoms with Crippen LogP contribution in [-0.2, 0) is 16.1 Å². The van der Waals surface area contributed by atoms with Crippen molar-refractivity contribution >= 4 is 32.7 Å². The number of methoxy groups -OCH3 is 1. The summed E-state index contributed by atoms with van der Waals surface area (Å²) >= 11 is 3.25. The van der Waals surface area contributed by atoms with Gasteiger partial charge in [-0.2, -0.15) is 0 Å². The third-order valence-corrected chi connectivity index (χ3v) is 3.91. The van der Waals surface area contributed by atoms with Crippen LogP contribution in [0.25, 0.3) is 10.8 Å². The first-order valence-electron chi connectivity index (χ1n) is 6.63. The Labute approximate surface area is 137 Å². The van der Waals surface area contributed by atoms with Crippen LogP contribution in [0.2, 0.25) is 0 Å². The molecular formula is C14H11BrF2N2O4. The molecule has 1 unspecified atom stereocenters. The van der Waals surface area contributed by atoms with E-state index in [-0.39, 0.29) is 11.3 Å².